The summed E-state index contributed by atoms with van der Waals surface area (Å²) >= 11 is 14.8. The SMILES string of the molecule is [O-]CC(Cl)(Cl)Cl.[Ti]. The molecule has 0 bridgehead atoms. The van der Waals surface area contributed by atoms with E-state index in [0.717, 1.165) is 0 Å². The molecule has 7 heavy (non-hydrogen) atoms. The molecule has 0 aliphatic carbocycles. The second-order valence-electron chi connectivity index (χ2n) is 0.760. The van der Waals surface area contributed by atoms with Gasteiger partial charge < -0.3 is 5.11 Å². The van der Waals surface area contributed by atoms with Crippen molar-refractivity contribution in [3.05, 3.63) is 0 Å². The van der Waals surface area contributed by atoms with Crippen LogP contribution in [0.15, 0.2) is 0 Å². The smallest absolute Gasteiger partial charge is 0.175 e. The van der Waals surface area contributed by atoms with E-state index in [2.05, 4.69) is 0 Å². The summed E-state index contributed by atoms with van der Waals surface area (Å²) in [5.74, 6) is 0. The van der Waals surface area contributed by atoms with Gasteiger partial charge in [0.15, 0.2) is 3.79 Å². The molecule has 0 unspecified atom stereocenters. The van der Waals surface area contributed by atoms with E-state index in [4.69, 9.17) is 34.8 Å². The van der Waals surface area contributed by atoms with Gasteiger partial charge in [0.05, 0.1) is 0 Å². The van der Waals surface area contributed by atoms with E-state index in [0.29, 0.717) is 0 Å². The van der Waals surface area contributed by atoms with Crippen LogP contribution in [0.4, 0.5) is 0 Å². The van der Waals surface area contributed by atoms with Gasteiger partial charge in [-0.1, -0.05) is 41.4 Å². The maximum atomic E-state index is 9.56. The monoisotopic (exact) mass is 195 g/mol. The summed E-state index contributed by atoms with van der Waals surface area (Å²) < 4.78 is -1.60. The minimum atomic E-state index is -1.60. The molecule has 0 N–H and O–H groups in total. The molecule has 0 heterocycles. The van der Waals surface area contributed by atoms with Crippen LogP contribution in [0.2, 0.25) is 0 Å². The second kappa shape index (κ2) is 4.43. The Morgan fingerprint density at radius 2 is 1.43 bits per heavy atom. The Morgan fingerprint density at radius 1 is 1.29 bits per heavy atom. The van der Waals surface area contributed by atoms with Crippen LogP contribution in [0.1, 0.15) is 0 Å². The average Bonchev–Trinajstić information content (AvgIpc) is 1.35. The van der Waals surface area contributed by atoms with Gasteiger partial charge in [-0.2, -0.15) is 0 Å². The van der Waals surface area contributed by atoms with Crippen molar-refractivity contribution in [2.45, 2.75) is 3.79 Å². The summed E-state index contributed by atoms with van der Waals surface area (Å²) in [4.78, 5) is 0. The first-order chi connectivity index (χ1) is 2.56. The molecule has 0 saturated carbocycles. The van der Waals surface area contributed by atoms with Gasteiger partial charge in [0, 0.05) is 21.7 Å². The van der Waals surface area contributed by atoms with Crippen LogP contribution in [-0.4, -0.2) is 10.4 Å². The zero-order chi connectivity index (χ0) is 5.21. The summed E-state index contributed by atoms with van der Waals surface area (Å²) in [5.41, 5.74) is 0. The molecule has 1 nitrogen and oxygen atoms in total. The first kappa shape index (κ1) is 11.4. The number of hydrogen-bond acceptors (Lipinski definition) is 1. The molecule has 0 spiro atoms. The van der Waals surface area contributed by atoms with Crippen molar-refractivity contribution in [2.24, 2.45) is 0 Å². The van der Waals surface area contributed by atoms with E-state index < -0.39 is 10.4 Å². The minimum absolute atomic E-state index is 0. The third-order valence-corrected chi connectivity index (χ3v) is 0.491. The Balaban J connectivity index is 0. The second-order valence-corrected chi connectivity index (χ2v) is 3.28. The van der Waals surface area contributed by atoms with Crippen molar-refractivity contribution in [3.63, 3.8) is 0 Å². The minimum Gasteiger partial charge on any atom is -0.851 e. The van der Waals surface area contributed by atoms with Gasteiger partial charge >= 0.3 is 0 Å². The van der Waals surface area contributed by atoms with Gasteiger partial charge in [-0.05, 0) is 0 Å². The Morgan fingerprint density at radius 3 is 1.43 bits per heavy atom. The molecule has 0 aromatic heterocycles. The zero-order valence-electron chi connectivity index (χ0n) is 3.25. The van der Waals surface area contributed by atoms with Crippen LogP contribution in [0, 0.1) is 0 Å². The van der Waals surface area contributed by atoms with Crippen LogP contribution < -0.4 is 5.11 Å². The normalized spacial score (nSPS) is 10.3. The van der Waals surface area contributed by atoms with Crippen LogP contribution in [0.5, 0.6) is 0 Å². The molecular formula is C2H2Cl3OTi-. The fraction of sp³-hybridized carbons (Fsp3) is 1.00. The number of hydrogen-bond donors (Lipinski definition) is 0. The maximum Gasteiger partial charge on any atom is 0.175 e. The molecule has 5 heteroatoms. The van der Waals surface area contributed by atoms with Gasteiger partial charge in [-0.15, -0.1) is 0 Å². The largest absolute Gasteiger partial charge is 0.851 e. The molecule has 0 aromatic rings. The van der Waals surface area contributed by atoms with Crippen molar-refractivity contribution in [2.75, 3.05) is 6.61 Å². The fourth-order valence-corrected chi connectivity index (χ4v) is 0. The zero-order valence-corrected chi connectivity index (χ0v) is 7.08. The van der Waals surface area contributed by atoms with E-state index in [9.17, 15) is 5.11 Å². The summed E-state index contributed by atoms with van der Waals surface area (Å²) in [6.07, 6.45) is 0. The van der Waals surface area contributed by atoms with Crippen molar-refractivity contribution >= 4 is 34.8 Å². The third kappa shape index (κ3) is 11.2. The fourth-order valence-electron chi connectivity index (χ4n) is 0. The molecule has 0 fully saturated rings. The van der Waals surface area contributed by atoms with Gasteiger partial charge in [0.25, 0.3) is 0 Å². The third-order valence-electron chi connectivity index (χ3n) is 0.164. The molecule has 0 atom stereocenters. The van der Waals surface area contributed by atoms with E-state index in [1.165, 1.54) is 0 Å². The number of rotatable bonds is 0. The van der Waals surface area contributed by atoms with Crippen LogP contribution in [0.3, 0.4) is 0 Å². The number of alkyl halides is 3. The molecule has 0 aliphatic heterocycles. The summed E-state index contributed by atoms with van der Waals surface area (Å²) in [5, 5.41) is 9.56. The van der Waals surface area contributed by atoms with E-state index >= 15 is 0 Å². The van der Waals surface area contributed by atoms with Crippen LogP contribution >= 0.6 is 34.8 Å². The van der Waals surface area contributed by atoms with Crippen LogP contribution in [-0.2, 0) is 21.7 Å². The predicted octanol–water partition coefficient (Wildman–Crippen LogP) is 0.714. The summed E-state index contributed by atoms with van der Waals surface area (Å²) in [6, 6.07) is 0. The van der Waals surface area contributed by atoms with Crippen molar-refractivity contribution in [3.8, 4) is 0 Å². The Hall–Kier alpha value is 1.54. The Labute approximate surface area is 71.8 Å². The molecule has 42 valence electrons. The van der Waals surface area contributed by atoms with Gasteiger partial charge in [0.1, 0.15) is 0 Å². The first-order valence-electron chi connectivity index (χ1n) is 1.21. The quantitative estimate of drug-likeness (QED) is 0.413. The van der Waals surface area contributed by atoms with Crippen molar-refractivity contribution in [1.29, 1.82) is 0 Å². The molecule has 0 saturated heterocycles. The standard InChI is InChI=1S/C2H2Cl3O.Ti/c3-2(4,5)1-6;/h1H2;/q-1;. The van der Waals surface area contributed by atoms with Gasteiger partial charge in [-0.3, -0.25) is 0 Å². The van der Waals surface area contributed by atoms with E-state index in [1.807, 2.05) is 0 Å². The van der Waals surface area contributed by atoms with Crippen molar-refractivity contribution in [1.82, 2.24) is 0 Å². The predicted molar refractivity (Wildman–Crippen MR) is 25.2 cm³/mol. The summed E-state index contributed by atoms with van der Waals surface area (Å²) in [7, 11) is 0. The molecule has 0 aromatic carbocycles. The van der Waals surface area contributed by atoms with Crippen LogP contribution in [0.25, 0.3) is 0 Å². The molecule has 0 aliphatic rings. The summed E-state index contributed by atoms with van der Waals surface area (Å²) in [6.45, 7) is -0.683. The van der Waals surface area contributed by atoms with Gasteiger partial charge in [0.2, 0.25) is 0 Å². The van der Waals surface area contributed by atoms with Crippen molar-refractivity contribution < 1.29 is 26.8 Å². The molecule has 0 rings (SSSR count). The average molecular weight is 196 g/mol. The topological polar surface area (TPSA) is 23.1 Å². The Bertz CT molecular complexity index is 42.7. The number of halogens is 3. The van der Waals surface area contributed by atoms with E-state index in [-0.39, 0.29) is 21.7 Å². The molecule has 0 amide bonds. The molecular weight excluding hydrogens is 194 g/mol. The first-order valence-corrected chi connectivity index (χ1v) is 2.34. The van der Waals surface area contributed by atoms with Gasteiger partial charge in [-0.25, -0.2) is 0 Å². The Kier molecular flexibility index (Phi) is 7.18. The maximum absolute atomic E-state index is 9.56. The van der Waals surface area contributed by atoms with E-state index in [1.54, 1.807) is 0 Å². The molecule has 0 radical (unpaired) electrons.